The first-order valence-corrected chi connectivity index (χ1v) is 15.6. The van der Waals surface area contributed by atoms with Crippen LogP contribution in [0.3, 0.4) is 0 Å². The third-order valence-electron chi connectivity index (χ3n) is 4.42. The van der Waals surface area contributed by atoms with Crippen molar-refractivity contribution in [3.05, 3.63) is 30.3 Å². The molecule has 188 valence electrons. The second-order valence-corrected chi connectivity index (χ2v) is 13.8. The zero-order valence-corrected chi connectivity index (χ0v) is 23.9. The number of benzene rings is 1. The molecule has 10 heteroatoms. The van der Waals surface area contributed by atoms with Crippen LogP contribution in [-0.4, -0.2) is 64.3 Å². The van der Waals surface area contributed by atoms with Crippen LogP contribution in [0.2, 0.25) is 12.1 Å². The van der Waals surface area contributed by atoms with Gasteiger partial charge in [0, 0.05) is 58.9 Å². The van der Waals surface area contributed by atoms with Gasteiger partial charge in [-0.05, 0) is 45.2 Å². The zero-order chi connectivity index (χ0) is 24.5. The van der Waals surface area contributed by atoms with Crippen molar-refractivity contribution < 1.29 is 26.6 Å². The molecule has 0 aliphatic rings. The van der Waals surface area contributed by atoms with Crippen molar-refractivity contribution >= 4 is 34.9 Å². The largest absolute Gasteiger partial charge is 0.502 e. The number of para-hydroxylation sites is 1. The van der Waals surface area contributed by atoms with Crippen molar-refractivity contribution in [3.63, 3.8) is 0 Å². The van der Waals surface area contributed by atoms with Gasteiger partial charge in [0.15, 0.2) is 0 Å². The van der Waals surface area contributed by atoms with E-state index < -0.39 is 17.6 Å². The lowest BCUT2D eigenvalue weighted by atomic mass is 10.3. The molecule has 0 fully saturated rings. The summed E-state index contributed by atoms with van der Waals surface area (Å²) in [6.07, 6.45) is 0.955. The van der Waals surface area contributed by atoms with Gasteiger partial charge in [-0.1, -0.05) is 43.6 Å². The van der Waals surface area contributed by atoms with Crippen LogP contribution in [0.15, 0.2) is 30.3 Å². The maximum absolute atomic E-state index is 5.87. The highest BCUT2D eigenvalue weighted by Crippen LogP contribution is 2.23. The number of anilines is 1. The number of rotatable bonds is 16. The summed E-state index contributed by atoms with van der Waals surface area (Å²) < 4.78 is 33.2. The summed E-state index contributed by atoms with van der Waals surface area (Å²) in [5, 5.41) is 3.35. The van der Waals surface area contributed by atoms with E-state index in [1.807, 2.05) is 44.2 Å². The molecule has 0 saturated carbocycles. The fourth-order valence-electron chi connectivity index (χ4n) is 3.11. The van der Waals surface area contributed by atoms with E-state index in [-0.39, 0.29) is 5.56 Å². The Hall–Kier alpha value is -0.496. The molecular weight excluding hydrogens is 466 g/mol. The topological polar surface area (TPSA) is 67.4 Å². The quantitative estimate of drug-likeness (QED) is 0.176. The molecule has 0 aliphatic carbocycles. The summed E-state index contributed by atoms with van der Waals surface area (Å²) in [5.41, 5.74) is 0.764. The van der Waals surface area contributed by atoms with E-state index in [2.05, 4.69) is 19.2 Å². The molecule has 0 aliphatic heterocycles. The van der Waals surface area contributed by atoms with E-state index in [0.29, 0.717) is 19.1 Å². The van der Waals surface area contributed by atoms with Gasteiger partial charge in [-0.15, -0.1) is 0 Å². The normalized spacial score (nSPS) is 12.9. The number of nitrogens with one attached hydrogen (secondary N) is 1. The van der Waals surface area contributed by atoms with Crippen molar-refractivity contribution in [3.8, 4) is 0 Å². The lowest BCUT2D eigenvalue weighted by Crippen LogP contribution is -2.48. The highest BCUT2D eigenvalue weighted by atomic mass is 35.5. The molecule has 32 heavy (non-hydrogen) atoms. The smallest absolute Gasteiger partial charge is 0.385 e. The Balaban J connectivity index is 0.000000607. The second kappa shape index (κ2) is 17.9. The van der Waals surface area contributed by atoms with Crippen LogP contribution >= 0.6 is 11.6 Å². The second-order valence-electron chi connectivity index (χ2n) is 7.50. The maximum Gasteiger partial charge on any atom is 0.502 e. The predicted molar refractivity (Wildman–Crippen MR) is 136 cm³/mol. The summed E-state index contributed by atoms with van der Waals surface area (Å²) >= 11 is 5.87. The molecule has 0 saturated heterocycles. The summed E-state index contributed by atoms with van der Waals surface area (Å²) in [7, 11) is -0.0211. The molecule has 1 unspecified atom stereocenters. The van der Waals surface area contributed by atoms with Crippen molar-refractivity contribution in [1.82, 2.24) is 0 Å². The molecule has 0 bridgehead atoms. The fraction of sp³-hybridized carbons (Fsp3) is 0.727. The van der Waals surface area contributed by atoms with Gasteiger partial charge in [-0.2, -0.15) is 0 Å². The van der Waals surface area contributed by atoms with E-state index in [9.17, 15) is 0 Å². The van der Waals surface area contributed by atoms with Crippen molar-refractivity contribution in [2.45, 2.75) is 58.7 Å². The Labute approximate surface area is 202 Å². The van der Waals surface area contributed by atoms with E-state index in [1.54, 1.807) is 28.3 Å². The summed E-state index contributed by atoms with van der Waals surface area (Å²) in [5.74, 6) is 0.477. The van der Waals surface area contributed by atoms with Gasteiger partial charge < -0.3 is 31.9 Å². The average Bonchev–Trinajstić information content (AvgIpc) is 2.75. The standard InChI is InChI=1S/C12H21NO3Si.C10H23ClO3Si/c1-14-17(15-2,16-3)11-7-10-13-12-8-5-4-6-9-12;1-6-12-15(13-7-2,8-9(3)4)14-10(5)11/h4-6,8-9,13H,7,10-11H2,1-3H3;9-10H,6-8H2,1-5H3. The van der Waals surface area contributed by atoms with Gasteiger partial charge in [0.05, 0.1) is 0 Å². The number of hydrogen-bond acceptors (Lipinski definition) is 7. The molecule has 0 spiro atoms. The zero-order valence-electron chi connectivity index (χ0n) is 21.1. The SMILES string of the molecule is CCO[Si](CC(C)C)(OCC)OC(C)Cl.CO[Si](CCCNc1ccccc1)(OC)OC. The van der Waals surface area contributed by atoms with Crippen LogP contribution in [0.5, 0.6) is 0 Å². The number of hydrogen-bond donors (Lipinski definition) is 1. The van der Waals surface area contributed by atoms with Gasteiger partial charge in [0.2, 0.25) is 0 Å². The molecule has 0 aromatic heterocycles. The summed E-state index contributed by atoms with van der Waals surface area (Å²) in [6, 6.07) is 11.8. The molecule has 1 aromatic carbocycles. The summed E-state index contributed by atoms with van der Waals surface area (Å²) in [6.45, 7) is 12.0. The molecular formula is C22H44ClNO6Si2. The maximum atomic E-state index is 5.87. The lowest BCUT2D eigenvalue weighted by Gasteiger charge is -2.31. The van der Waals surface area contributed by atoms with Crippen LogP contribution in [0.4, 0.5) is 5.69 Å². The van der Waals surface area contributed by atoms with Crippen LogP contribution in [0.25, 0.3) is 0 Å². The van der Waals surface area contributed by atoms with Gasteiger partial charge in [0.25, 0.3) is 0 Å². The molecule has 0 radical (unpaired) electrons. The molecule has 1 N–H and O–H groups in total. The molecule has 7 nitrogen and oxygen atoms in total. The molecule has 0 heterocycles. The van der Waals surface area contributed by atoms with Gasteiger partial charge >= 0.3 is 17.6 Å². The van der Waals surface area contributed by atoms with E-state index >= 15 is 0 Å². The van der Waals surface area contributed by atoms with Gasteiger partial charge in [-0.25, -0.2) is 0 Å². The molecule has 1 rings (SSSR count). The highest BCUT2D eigenvalue weighted by Gasteiger charge is 2.42. The Morgan fingerprint density at radius 3 is 1.81 bits per heavy atom. The summed E-state index contributed by atoms with van der Waals surface area (Å²) in [4.78, 5) is 0. The Morgan fingerprint density at radius 1 is 0.875 bits per heavy atom. The average molecular weight is 510 g/mol. The first kappa shape index (κ1) is 31.5. The Kier molecular flexibility index (Phi) is 17.6. The van der Waals surface area contributed by atoms with Crippen molar-refractivity contribution in [2.24, 2.45) is 5.92 Å². The minimum atomic E-state index is -2.55. The van der Waals surface area contributed by atoms with Crippen molar-refractivity contribution in [2.75, 3.05) is 46.4 Å². The van der Waals surface area contributed by atoms with Crippen LogP contribution in [-0.2, 0) is 26.6 Å². The van der Waals surface area contributed by atoms with Crippen LogP contribution in [0, 0.1) is 5.92 Å². The van der Waals surface area contributed by atoms with Crippen molar-refractivity contribution in [1.29, 1.82) is 0 Å². The van der Waals surface area contributed by atoms with E-state index in [4.69, 9.17) is 38.2 Å². The highest BCUT2D eigenvalue weighted by molar-refractivity contribution is 6.61. The number of halogens is 1. The third-order valence-corrected chi connectivity index (χ3v) is 11.0. The van der Waals surface area contributed by atoms with Gasteiger partial charge in [0.1, 0.15) is 5.56 Å². The van der Waals surface area contributed by atoms with Gasteiger partial charge in [-0.3, -0.25) is 0 Å². The number of alkyl halides is 1. The minimum Gasteiger partial charge on any atom is -0.385 e. The fourth-order valence-corrected chi connectivity index (χ4v) is 8.17. The predicted octanol–water partition coefficient (Wildman–Crippen LogP) is 5.62. The molecule has 0 amide bonds. The van der Waals surface area contributed by atoms with E-state index in [1.165, 1.54) is 0 Å². The van der Waals surface area contributed by atoms with Crippen LogP contribution < -0.4 is 5.32 Å². The Bertz CT molecular complexity index is 538. The monoisotopic (exact) mass is 509 g/mol. The molecule has 1 atom stereocenters. The Morgan fingerprint density at radius 2 is 1.41 bits per heavy atom. The lowest BCUT2D eigenvalue weighted by molar-refractivity contribution is 0.0580. The first-order valence-electron chi connectivity index (χ1n) is 11.3. The minimum absolute atomic E-state index is 0.367. The van der Waals surface area contributed by atoms with Crippen LogP contribution in [0.1, 0.15) is 41.0 Å². The first-order chi connectivity index (χ1) is 15.2. The third kappa shape index (κ3) is 13.3. The molecule has 1 aromatic rings. The van der Waals surface area contributed by atoms with E-state index in [0.717, 1.165) is 30.7 Å².